The normalized spacial score (nSPS) is 17.4. The van der Waals surface area contributed by atoms with E-state index in [9.17, 15) is 9.18 Å². The number of aromatic amines is 1. The average molecular weight is 421 g/mol. The molecule has 0 atom stereocenters. The molecule has 160 valence electrons. The van der Waals surface area contributed by atoms with Gasteiger partial charge in [-0.2, -0.15) is 10.1 Å². The van der Waals surface area contributed by atoms with Crippen molar-refractivity contribution in [2.24, 2.45) is 5.41 Å². The lowest BCUT2D eigenvalue weighted by Gasteiger charge is -2.49. The molecule has 2 bridgehead atoms. The van der Waals surface area contributed by atoms with Gasteiger partial charge in [0.25, 0.3) is 11.4 Å². The van der Waals surface area contributed by atoms with Gasteiger partial charge in [0.1, 0.15) is 0 Å². The quantitative estimate of drug-likeness (QED) is 0.610. The number of hydrogen-bond acceptors (Lipinski definition) is 6. The summed E-state index contributed by atoms with van der Waals surface area (Å²) in [6.07, 6.45) is 5.55. The van der Waals surface area contributed by atoms with Crippen LogP contribution in [0.4, 0.5) is 10.1 Å². The molecule has 0 amide bonds. The topological polar surface area (TPSA) is 96.7 Å². The van der Waals surface area contributed by atoms with Gasteiger partial charge in [0.2, 0.25) is 0 Å². The maximum atomic E-state index is 14.0. The summed E-state index contributed by atoms with van der Waals surface area (Å²) in [5, 5.41) is 13.9. The number of aromatic nitrogens is 4. The van der Waals surface area contributed by atoms with E-state index in [1.54, 1.807) is 12.3 Å². The first-order chi connectivity index (χ1) is 14.8. The van der Waals surface area contributed by atoms with Gasteiger partial charge < -0.3 is 9.84 Å². The van der Waals surface area contributed by atoms with Gasteiger partial charge in [-0.3, -0.25) is 4.79 Å². The van der Waals surface area contributed by atoms with Crippen LogP contribution in [-0.2, 0) is 5.67 Å². The highest BCUT2D eigenvalue weighted by Gasteiger charge is 2.46. The van der Waals surface area contributed by atoms with Crippen molar-refractivity contribution in [2.45, 2.75) is 45.2 Å². The molecule has 0 saturated heterocycles. The first-order valence-electron chi connectivity index (χ1n) is 10.4. The standard InChI is InChI=1S/C23H24FN5O2/c1-22(2,24)21-27-20(29-31-21)18-6-7-23(10-16(18)11-23)13-25-17-5-3-4-14(8-17)15-9-19(30)28-26-12-15/h3-5,8-9,12,25H,6-7,10-11,13H2,1-2H3,(H,28,30). The lowest BCUT2D eigenvalue weighted by atomic mass is 9.57. The van der Waals surface area contributed by atoms with E-state index in [0.717, 1.165) is 54.6 Å². The summed E-state index contributed by atoms with van der Waals surface area (Å²) >= 11 is 0. The predicted octanol–water partition coefficient (Wildman–Crippen LogP) is 4.46. The monoisotopic (exact) mass is 421 g/mol. The summed E-state index contributed by atoms with van der Waals surface area (Å²) in [6, 6.07) is 9.56. The smallest absolute Gasteiger partial charge is 0.264 e. The van der Waals surface area contributed by atoms with Crippen molar-refractivity contribution >= 4 is 11.3 Å². The number of allylic oxidation sites excluding steroid dienone is 2. The van der Waals surface area contributed by atoms with Crippen LogP contribution in [0.2, 0.25) is 0 Å². The summed E-state index contributed by atoms with van der Waals surface area (Å²) < 4.78 is 19.2. The Balaban J connectivity index is 1.26. The van der Waals surface area contributed by atoms with Crippen molar-refractivity contribution < 1.29 is 8.91 Å². The average Bonchev–Trinajstić information content (AvgIpc) is 3.23. The molecule has 1 fully saturated rings. The molecule has 6 rings (SSSR count). The molecule has 8 heteroatoms. The Bertz CT molecular complexity index is 1210. The molecule has 1 saturated carbocycles. The largest absolute Gasteiger partial charge is 0.384 e. The Kier molecular flexibility index (Phi) is 4.53. The van der Waals surface area contributed by atoms with Crippen LogP contribution in [0.5, 0.6) is 0 Å². The van der Waals surface area contributed by atoms with E-state index < -0.39 is 5.67 Å². The van der Waals surface area contributed by atoms with Crippen LogP contribution in [0.15, 0.2) is 51.4 Å². The SMILES string of the molecule is CC(C)(F)c1nc(C2=C3CC(CNc4cccc(-c5cn[nH]c(=O)c5)c4)(CC2)C3)no1. The second-order valence-electron chi connectivity index (χ2n) is 9.10. The van der Waals surface area contributed by atoms with Gasteiger partial charge in [-0.1, -0.05) is 22.9 Å². The van der Waals surface area contributed by atoms with Gasteiger partial charge in [-0.15, -0.1) is 0 Å². The molecule has 2 aromatic heterocycles. The highest BCUT2D eigenvalue weighted by atomic mass is 19.1. The summed E-state index contributed by atoms with van der Waals surface area (Å²) in [7, 11) is 0. The van der Waals surface area contributed by atoms with Crippen LogP contribution in [0.25, 0.3) is 16.7 Å². The highest BCUT2D eigenvalue weighted by Crippen LogP contribution is 2.56. The van der Waals surface area contributed by atoms with Crippen LogP contribution in [0.1, 0.15) is 51.2 Å². The minimum atomic E-state index is -1.63. The molecule has 0 spiro atoms. The van der Waals surface area contributed by atoms with Crippen LogP contribution in [0, 0.1) is 5.41 Å². The molecule has 2 heterocycles. The minimum Gasteiger partial charge on any atom is -0.384 e. The number of fused-ring (bicyclic) bond motifs is 2. The van der Waals surface area contributed by atoms with Gasteiger partial charge in [-0.25, -0.2) is 9.49 Å². The third-order valence-electron chi connectivity index (χ3n) is 6.24. The number of hydrogen-bond donors (Lipinski definition) is 2. The number of H-pyrrole nitrogens is 1. The maximum absolute atomic E-state index is 14.0. The number of alkyl halides is 1. The van der Waals surface area contributed by atoms with Gasteiger partial charge in [0.15, 0.2) is 11.5 Å². The minimum absolute atomic E-state index is 0.0314. The van der Waals surface area contributed by atoms with Crippen molar-refractivity contribution in [1.29, 1.82) is 0 Å². The lowest BCUT2D eigenvalue weighted by Crippen LogP contribution is -2.41. The second kappa shape index (κ2) is 7.14. The van der Waals surface area contributed by atoms with Crippen LogP contribution in [-0.4, -0.2) is 26.9 Å². The second-order valence-corrected chi connectivity index (χ2v) is 9.10. The van der Waals surface area contributed by atoms with Crippen molar-refractivity contribution in [3.63, 3.8) is 0 Å². The predicted molar refractivity (Wildman–Crippen MR) is 115 cm³/mol. The van der Waals surface area contributed by atoms with Crippen LogP contribution < -0.4 is 10.9 Å². The molecule has 0 aliphatic heterocycles. The van der Waals surface area contributed by atoms with Crippen LogP contribution >= 0.6 is 0 Å². The van der Waals surface area contributed by atoms with E-state index in [2.05, 4.69) is 25.7 Å². The zero-order chi connectivity index (χ0) is 21.6. The fourth-order valence-electron chi connectivity index (χ4n) is 4.51. The first kappa shape index (κ1) is 19.7. The number of rotatable bonds is 6. The number of nitrogens with zero attached hydrogens (tertiary/aromatic N) is 3. The molecule has 2 N–H and O–H groups in total. The summed E-state index contributed by atoms with van der Waals surface area (Å²) in [5.41, 5.74) is 3.60. The summed E-state index contributed by atoms with van der Waals surface area (Å²) in [6.45, 7) is 3.71. The Morgan fingerprint density at radius 1 is 1.26 bits per heavy atom. The van der Waals surface area contributed by atoms with Crippen molar-refractivity contribution in [3.05, 3.63) is 64.2 Å². The molecule has 3 aliphatic rings. The third-order valence-corrected chi connectivity index (χ3v) is 6.24. The maximum Gasteiger partial charge on any atom is 0.264 e. The Hall–Kier alpha value is -3.29. The van der Waals surface area contributed by atoms with E-state index in [1.165, 1.54) is 19.4 Å². The molecule has 0 unspecified atom stereocenters. The zero-order valence-electron chi connectivity index (χ0n) is 17.5. The highest BCUT2D eigenvalue weighted by molar-refractivity contribution is 5.69. The van der Waals surface area contributed by atoms with E-state index >= 15 is 0 Å². The molecule has 7 nitrogen and oxygen atoms in total. The number of halogens is 1. The van der Waals surface area contributed by atoms with E-state index in [1.807, 2.05) is 24.3 Å². The Morgan fingerprint density at radius 3 is 2.77 bits per heavy atom. The number of benzene rings is 1. The Morgan fingerprint density at radius 2 is 2.10 bits per heavy atom. The Labute approximate surface area is 178 Å². The summed E-state index contributed by atoms with van der Waals surface area (Å²) in [5.74, 6) is 0.569. The van der Waals surface area contributed by atoms with E-state index in [0.29, 0.717) is 5.82 Å². The van der Waals surface area contributed by atoms with Crippen LogP contribution in [0.3, 0.4) is 0 Å². The van der Waals surface area contributed by atoms with Gasteiger partial charge >= 0.3 is 0 Å². The molecule has 3 aliphatic carbocycles. The van der Waals surface area contributed by atoms with Crippen molar-refractivity contribution in [2.75, 3.05) is 11.9 Å². The first-order valence-corrected chi connectivity index (χ1v) is 10.4. The fourth-order valence-corrected chi connectivity index (χ4v) is 4.51. The van der Waals surface area contributed by atoms with E-state index in [4.69, 9.17) is 4.52 Å². The third kappa shape index (κ3) is 3.78. The number of anilines is 1. The molecular formula is C23H24FN5O2. The van der Waals surface area contributed by atoms with Gasteiger partial charge in [0, 0.05) is 23.9 Å². The molecule has 3 aromatic rings. The molecule has 1 aromatic carbocycles. The van der Waals surface area contributed by atoms with E-state index in [-0.39, 0.29) is 16.9 Å². The lowest BCUT2D eigenvalue weighted by molar-refractivity contribution is 0.155. The van der Waals surface area contributed by atoms with Gasteiger partial charge in [-0.05, 0) is 68.2 Å². The zero-order valence-corrected chi connectivity index (χ0v) is 17.5. The van der Waals surface area contributed by atoms with Crippen molar-refractivity contribution in [3.8, 4) is 11.1 Å². The molecule has 0 radical (unpaired) electrons. The number of nitrogens with one attached hydrogen (secondary N) is 2. The fraction of sp³-hybridized carbons (Fsp3) is 0.391. The van der Waals surface area contributed by atoms with Crippen molar-refractivity contribution in [1.82, 2.24) is 20.3 Å². The van der Waals surface area contributed by atoms with Gasteiger partial charge in [0.05, 0.1) is 6.20 Å². The summed E-state index contributed by atoms with van der Waals surface area (Å²) in [4.78, 5) is 15.8. The molecule has 31 heavy (non-hydrogen) atoms. The molecular weight excluding hydrogens is 397 g/mol.